The van der Waals surface area contributed by atoms with Crippen molar-refractivity contribution in [3.05, 3.63) is 35.5 Å². The van der Waals surface area contributed by atoms with Crippen molar-refractivity contribution >= 4 is 11.8 Å². The molecular formula is C21H32O5. The minimum atomic E-state index is -1.23. The molecule has 0 aromatic carbocycles. The van der Waals surface area contributed by atoms with Crippen LogP contribution in [0.15, 0.2) is 35.5 Å². The zero-order valence-electron chi connectivity index (χ0n) is 16.4. The highest BCUT2D eigenvalue weighted by Crippen LogP contribution is 2.44. The quantitative estimate of drug-likeness (QED) is 0.284. The maximum Gasteiger partial charge on any atom is 0.331 e. The van der Waals surface area contributed by atoms with Gasteiger partial charge in [0.15, 0.2) is 5.78 Å². The van der Waals surface area contributed by atoms with Gasteiger partial charge < -0.3 is 14.9 Å². The topological polar surface area (TPSA) is 83.8 Å². The average molecular weight is 364 g/mol. The number of ketones is 1. The Kier molecular flexibility index (Phi) is 8.44. The van der Waals surface area contributed by atoms with Crippen molar-refractivity contribution in [1.82, 2.24) is 0 Å². The Morgan fingerprint density at radius 1 is 1.27 bits per heavy atom. The van der Waals surface area contributed by atoms with Crippen LogP contribution in [0.3, 0.4) is 0 Å². The second-order valence-electron chi connectivity index (χ2n) is 7.65. The van der Waals surface area contributed by atoms with E-state index in [0.29, 0.717) is 17.8 Å². The molecule has 0 spiro atoms. The van der Waals surface area contributed by atoms with Crippen LogP contribution in [-0.2, 0) is 14.3 Å². The number of hydrogen-bond acceptors (Lipinski definition) is 5. The molecule has 0 aromatic heterocycles. The number of rotatable bonds is 9. The van der Waals surface area contributed by atoms with Gasteiger partial charge in [-0.25, -0.2) is 4.79 Å². The van der Waals surface area contributed by atoms with Gasteiger partial charge in [-0.05, 0) is 56.4 Å². The van der Waals surface area contributed by atoms with E-state index in [1.54, 1.807) is 26.0 Å². The molecule has 146 valence electrons. The Bertz CT molecular complexity index is 598. The molecule has 5 heteroatoms. The van der Waals surface area contributed by atoms with Gasteiger partial charge in [-0.1, -0.05) is 26.3 Å². The summed E-state index contributed by atoms with van der Waals surface area (Å²) >= 11 is 0. The molecule has 0 fully saturated rings. The standard InChI is InChI=1S/C21H32O5/c1-16(13-19(24)26-12-8-6-5-7-11-22)9-10-21(25)17(2)14-18(23)15-20(21,3)4/h9-10,13-14,22,25H,5-8,11-12,15H2,1-4H3/b10-9+,16-13+. The molecule has 0 saturated carbocycles. The third kappa shape index (κ3) is 6.22. The fourth-order valence-corrected chi connectivity index (χ4v) is 3.13. The Balaban J connectivity index is 2.63. The van der Waals surface area contributed by atoms with E-state index in [2.05, 4.69) is 0 Å². The van der Waals surface area contributed by atoms with Gasteiger partial charge in [-0.15, -0.1) is 0 Å². The van der Waals surface area contributed by atoms with Crippen molar-refractivity contribution in [3.63, 3.8) is 0 Å². The summed E-state index contributed by atoms with van der Waals surface area (Å²) in [5.74, 6) is -0.396. The lowest BCUT2D eigenvalue weighted by Crippen LogP contribution is -2.48. The van der Waals surface area contributed by atoms with Crippen molar-refractivity contribution < 1.29 is 24.5 Å². The number of ether oxygens (including phenoxy) is 1. The van der Waals surface area contributed by atoms with Crippen LogP contribution in [-0.4, -0.2) is 40.8 Å². The first kappa shape index (κ1) is 22.3. The zero-order chi connectivity index (χ0) is 19.8. The molecule has 1 rings (SSSR count). The predicted octanol–water partition coefficient (Wildman–Crippen LogP) is 3.26. The lowest BCUT2D eigenvalue weighted by Gasteiger charge is -2.44. The first-order valence-electron chi connectivity index (χ1n) is 9.21. The Morgan fingerprint density at radius 2 is 1.92 bits per heavy atom. The van der Waals surface area contributed by atoms with Gasteiger partial charge in [0, 0.05) is 24.5 Å². The predicted molar refractivity (Wildman–Crippen MR) is 102 cm³/mol. The summed E-state index contributed by atoms with van der Waals surface area (Å²) in [7, 11) is 0. The summed E-state index contributed by atoms with van der Waals surface area (Å²) in [5, 5.41) is 19.7. The fourth-order valence-electron chi connectivity index (χ4n) is 3.13. The number of unbranched alkanes of at least 4 members (excludes halogenated alkanes) is 3. The zero-order valence-corrected chi connectivity index (χ0v) is 16.4. The van der Waals surface area contributed by atoms with E-state index in [9.17, 15) is 14.7 Å². The average Bonchev–Trinajstić information content (AvgIpc) is 2.53. The van der Waals surface area contributed by atoms with Gasteiger partial charge in [-0.3, -0.25) is 4.79 Å². The SMILES string of the molecule is CC1=CC(=O)CC(C)(C)C1(O)/C=C/C(C)=C/C(=O)OCCCCCCO. The fraction of sp³-hybridized carbons (Fsp3) is 0.619. The van der Waals surface area contributed by atoms with Gasteiger partial charge in [0.1, 0.15) is 5.60 Å². The summed E-state index contributed by atoms with van der Waals surface area (Å²) in [5.41, 5.74) is -0.570. The number of esters is 1. The van der Waals surface area contributed by atoms with Crippen molar-refractivity contribution in [1.29, 1.82) is 0 Å². The summed E-state index contributed by atoms with van der Waals surface area (Å²) in [6.45, 7) is 7.78. The summed E-state index contributed by atoms with van der Waals surface area (Å²) < 4.78 is 5.16. The molecule has 0 heterocycles. The molecule has 0 aliphatic heterocycles. The van der Waals surface area contributed by atoms with Crippen LogP contribution in [0.5, 0.6) is 0 Å². The van der Waals surface area contributed by atoms with Crippen LogP contribution in [0.4, 0.5) is 0 Å². The van der Waals surface area contributed by atoms with Crippen LogP contribution in [0.25, 0.3) is 0 Å². The van der Waals surface area contributed by atoms with Crippen LogP contribution in [0.2, 0.25) is 0 Å². The van der Waals surface area contributed by atoms with E-state index in [4.69, 9.17) is 9.84 Å². The summed E-state index contributed by atoms with van der Waals surface area (Å²) in [6, 6.07) is 0. The smallest absolute Gasteiger partial charge is 0.331 e. The molecule has 1 atom stereocenters. The molecule has 0 amide bonds. The third-order valence-electron chi connectivity index (χ3n) is 4.86. The van der Waals surface area contributed by atoms with Crippen LogP contribution in [0, 0.1) is 5.41 Å². The number of allylic oxidation sites excluding steroid dienone is 3. The van der Waals surface area contributed by atoms with Gasteiger partial charge >= 0.3 is 5.97 Å². The molecule has 1 unspecified atom stereocenters. The summed E-state index contributed by atoms with van der Waals surface area (Å²) in [4.78, 5) is 23.6. The lowest BCUT2D eigenvalue weighted by molar-refractivity contribution is -0.137. The second-order valence-corrected chi connectivity index (χ2v) is 7.65. The van der Waals surface area contributed by atoms with E-state index >= 15 is 0 Å². The number of carbonyl (C=O) groups is 2. The van der Waals surface area contributed by atoms with Gasteiger partial charge in [-0.2, -0.15) is 0 Å². The molecule has 5 nitrogen and oxygen atoms in total. The largest absolute Gasteiger partial charge is 0.463 e. The summed E-state index contributed by atoms with van der Waals surface area (Å²) in [6.07, 6.45) is 9.89. The maximum absolute atomic E-state index is 11.8. The first-order chi connectivity index (χ1) is 12.1. The van der Waals surface area contributed by atoms with E-state index in [1.807, 2.05) is 13.8 Å². The maximum atomic E-state index is 11.8. The minimum Gasteiger partial charge on any atom is -0.463 e. The molecular weight excluding hydrogens is 332 g/mol. The van der Waals surface area contributed by atoms with E-state index < -0.39 is 17.0 Å². The Morgan fingerprint density at radius 3 is 2.54 bits per heavy atom. The molecule has 0 bridgehead atoms. The molecule has 0 radical (unpaired) electrons. The molecule has 0 saturated heterocycles. The normalized spacial score (nSPS) is 23.2. The van der Waals surface area contributed by atoms with Gasteiger partial charge in [0.2, 0.25) is 0 Å². The van der Waals surface area contributed by atoms with Gasteiger partial charge in [0.25, 0.3) is 0 Å². The third-order valence-corrected chi connectivity index (χ3v) is 4.86. The highest BCUT2D eigenvalue weighted by atomic mass is 16.5. The molecule has 1 aliphatic carbocycles. The number of carbonyl (C=O) groups excluding carboxylic acids is 2. The molecule has 2 N–H and O–H groups in total. The Labute approximate surface area is 156 Å². The van der Waals surface area contributed by atoms with Crippen LogP contribution < -0.4 is 0 Å². The van der Waals surface area contributed by atoms with Crippen molar-refractivity contribution in [2.45, 2.75) is 65.4 Å². The Hall–Kier alpha value is -1.72. The number of hydrogen-bond donors (Lipinski definition) is 2. The van der Waals surface area contributed by atoms with Gasteiger partial charge in [0.05, 0.1) is 6.61 Å². The highest BCUT2D eigenvalue weighted by Gasteiger charge is 2.46. The van der Waals surface area contributed by atoms with E-state index in [0.717, 1.165) is 25.7 Å². The van der Waals surface area contributed by atoms with E-state index in [-0.39, 0.29) is 18.8 Å². The number of aliphatic hydroxyl groups excluding tert-OH is 1. The van der Waals surface area contributed by atoms with E-state index in [1.165, 1.54) is 12.2 Å². The molecule has 26 heavy (non-hydrogen) atoms. The van der Waals surface area contributed by atoms with Crippen molar-refractivity contribution in [3.8, 4) is 0 Å². The molecule has 0 aromatic rings. The van der Waals surface area contributed by atoms with Crippen molar-refractivity contribution in [2.24, 2.45) is 5.41 Å². The van der Waals surface area contributed by atoms with Crippen LogP contribution >= 0.6 is 0 Å². The number of aliphatic hydroxyl groups is 2. The molecule has 1 aliphatic rings. The monoisotopic (exact) mass is 364 g/mol. The van der Waals surface area contributed by atoms with Crippen LogP contribution in [0.1, 0.15) is 59.8 Å². The minimum absolute atomic E-state index is 0.0143. The lowest BCUT2D eigenvalue weighted by atomic mass is 9.64. The first-order valence-corrected chi connectivity index (χ1v) is 9.21. The second kappa shape index (κ2) is 9.83. The highest BCUT2D eigenvalue weighted by molar-refractivity contribution is 5.92. The van der Waals surface area contributed by atoms with Crippen molar-refractivity contribution in [2.75, 3.05) is 13.2 Å².